The molecule has 33 heavy (non-hydrogen) atoms. The molecular weight excluding hydrogens is 420 g/mol. The molecule has 1 aliphatic heterocycles. The molecule has 0 aliphatic carbocycles. The lowest BCUT2D eigenvalue weighted by Crippen LogP contribution is -2.37. The Morgan fingerprint density at radius 3 is 2.36 bits per heavy atom. The monoisotopic (exact) mass is 440 g/mol. The van der Waals surface area contributed by atoms with Crippen molar-refractivity contribution in [1.82, 2.24) is 30.1 Å². The average Bonchev–Trinajstić information content (AvgIpc) is 3.53. The van der Waals surface area contributed by atoms with Crippen LogP contribution >= 0.6 is 0 Å². The van der Waals surface area contributed by atoms with Crippen LogP contribution in [0.25, 0.3) is 33.7 Å². The molecule has 0 saturated carbocycles. The molecule has 1 fully saturated rings. The van der Waals surface area contributed by atoms with Gasteiger partial charge in [0.1, 0.15) is 11.3 Å². The van der Waals surface area contributed by atoms with Crippen LogP contribution in [0.3, 0.4) is 0 Å². The van der Waals surface area contributed by atoms with Crippen LogP contribution in [0.1, 0.15) is 0 Å². The molecule has 6 rings (SSSR count). The van der Waals surface area contributed by atoms with Crippen LogP contribution in [0.2, 0.25) is 0 Å². The van der Waals surface area contributed by atoms with E-state index >= 15 is 0 Å². The third-order valence-corrected chi connectivity index (χ3v) is 5.44. The predicted octanol–water partition coefficient (Wildman–Crippen LogP) is 3.65. The van der Waals surface area contributed by atoms with E-state index in [1.165, 1.54) is 0 Å². The molecule has 0 radical (unpaired) electrons. The fraction of sp³-hybridized carbons (Fsp3) is 0.174. The molecule has 6 heterocycles. The summed E-state index contributed by atoms with van der Waals surface area (Å²) >= 11 is 0. The molecule has 0 atom stereocenters. The SMILES string of the molecule is c1cc(-c2cc(Nc3nc(N4CCOCC4)c4oc(-c5ccncc5)cc4n3)n[nH]2)ccn1. The summed E-state index contributed by atoms with van der Waals surface area (Å²) < 4.78 is 11.7. The molecule has 10 heteroatoms. The second kappa shape index (κ2) is 8.32. The lowest BCUT2D eigenvalue weighted by molar-refractivity contribution is 0.122. The lowest BCUT2D eigenvalue weighted by Gasteiger charge is -2.27. The maximum Gasteiger partial charge on any atom is 0.231 e. The summed E-state index contributed by atoms with van der Waals surface area (Å²) in [6.07, 6.45) is 6.96. The molecule has 2 N–H and O–H groups in total. The third-order valence-electron chi connectivity index (χ3n) is 5.44. The van der Waals surface area contributed by atoms with Crippen molar-refractivity contribution in [2.45, 2.75) is 0 Å². The van der Waals surface area contributed by atoms with Crippen LogP contribution in [-0.2, 0) is 4.74 Å². The molecule has 5 aromatic heterocycles. The topological polar surface area (TPSA) is 118 Å². The zero-order valence-electron chi connectivity index (χ0n) is 17.6. The van der Waals surface area contributed by atoms with Crippen LogP contribution in [-0.4, -0.2) is 56.4 Å². The maximum atomic E-state index is 6.21. The van der Waals surface area contributed by atoms with Crippen molar-refractivity contribution in [2.24, 2.45) is 0 Å². The summed E-state index contributed by atoms with van der Waals surface area (Å²) in [6.45, 7) is 2.73. The van der Waals surface area contributed by atoms with Gasteiger partial charge in [0.25, 0.3) is 0 Å². The number of hydrogen-bond donors (Lipinski definition) is 2. The Hall–Kier alpha value is -4.31. The van der Waals surface area contributed by atoms with Gasteiger partial charge in [-0.15, -0.1) is 0 Å². The first-order chi connectivity index (χ1) is 16.3. The molecule has 1 saturated heterocycles. The Kier molecular flexibility index (Phi) is 4.89. The van der Waals surface area contributed by atoms with Gasteiger partial charge in [-0.3, -0.25) is 15.1 Å². The minimum absolute atomic E-state index is 0.443. The molecule has 1 aliphatic rings. The van der Waals surface area contributed by atoms with Crippen molar-refractivity contribution >= 4 is 28.7 Å². The Morgan fingerprint density at radius 2 is 1.61 bits per heavy atom. The van der Waals surface area contributed by atoms with Crippen LogP contribution in [0.5, 0.6) is 0 Å². The van der Waals surface area contributed by atoms with Crippen molar-refractivity contribution in [3.8, 4) is 22.6 Å². The largest absolute Gasteiger partial charge is 0.450 e. The van der Waals surface area contributed by atoms with Crippen molar-refractivity contribution in [2.75, 3.05) is 36.5 Å². The highest BCUT2D eigenvalue weighted by atomic mass is 16.5. The van der Waals surface area contributed by atoms with Gasteiger partial charge in [0.15, 0.2) is 17.2 Å². The number of aromatic nitrogens is 6. The molecule has 0 unspecified atom stereocenters. The zero-order chi connectivity index (χ0) is 22.0. The smallest absolute Gasteiger partial charge is 0.231 e. The number of nitrogens with zero attached hydrogens (tertiary/aromatic N) is 6. The van der Waals surface area contributed by atoms with Gasteiger partial charge in [0, 0.05) is 61.1 Å². The number of pyridine rings is 2. The molecule has 0 aromatic carbocycles. The van der Waals surface area contributed by atoms with E-state index in [-0.39, 0.29) is 0 Å². The highest BCUT2D eigenvalue weighted by Gasteiger charge is 2.21. The molecular formula is C23H20N8O2. The van der Waals surface area contributed by atoms with E-state index in [1.807, 2.05) is 36.4 Å². The van der Waals surface area contributed by atoms with E-state index in [0.717, 1.165) is 35.7 Å². The fourth-order valence-corrected chi connectivity index (χ4v) is 3.80. The number of fused-ring (bicyclic) bond motifs is 1. The average molecular weight is 440 g/mol. The molecule has 0 spiro atoms. The van der Waals surface area contributed by atoms with E-state index in [2.05, 4.69) is 30.4 Å². The molecule has 0 bridgehead atoms. The standard InChI is InChI=1S/C23H20N8O2/c1-5-24-6-2-15(1)17-14-20(30-29-17)27-23-26-18-13-19(16-3-7-25-8-4-16)33-21(18)22(28-23)31-9-11-32-12-10-31/h1-8,13-14H,9-12H2,(H2,26,27,28,29,30). The molecule has 10 nitrogen and oxygen atoms in total. The fourth-order valence-electron chi connectivity index (χ4n) is 3.80. The quantitative estimate of drug-likeness (QED) is 0.422. The summed E-state index contributed by atoms with van der Waals surface area (Å²) in [7, 11) is 0. The Morgan fingerprint density at radius 1 is 0.879 bits per heavy atom. The summed E-state index contributed by atoms with van der Waals surface area (Å²) in [4.78, 5) is 19.8. The van der Waals surface area contributed by atoms with Crippen LogP contribution in [0.4, 0.5) is 17.6 Å². The minimum atomic E-state index is 0.443. The summed E-state index contributed by atoms with van der Waals surface area (Å²) in [5.74, 6) is 2.51. The van der Waals surface area contributed by atoms with Crippen molar-refractivity contribution in [1.29, 1.82) is 0 Å². The van der Waals surface area contributed by atoms with E-state index in [1.54, 1.807) is 24.8 Å². The van der Waals surface area contributed by atoms with Gasteiger partial charge < -0.3 is 19.4 Å². The van der Waals surface area contributed by atoms with Crippen LogP contribution in [0.15, 0.2) is 65.6 Å². The highest BCUT2D eigenvalue weighted by molar-refractivity contribution is 5.89. The number of rotatable bonds is 5. The first-order valence-corrected chi connectivity index (χ1v) is 10.6. The normalized spacial score (nSPS) is 14.0. The van der Waals surface area contributed by atoms with Crippen LogP contribution < -0.4 is 10.2 Å². The van der Waals surface area contributed by atoms with E-state index in [4.69, 9.17) is 19.1 Å². The number of morpholine rings is 1. The molecule has 5 aromatic rings. The lowest BCUT2D eigenvalue weighted by atomic mass is 10.2. The molecule has 0 amide bonds. The van der Waals surface area contributed by atoms with E-state index < -0.39 is 0 Å². The van der Waals surface area contributed by atoms with Gasteiger partial charge >= 0.3 is 0 Å². The molecule has 164 valence electrons. The highest BCUT2D eigenvalue weighted by Crippen LogP contribution is 2.33. The Bertz CT molecular complexity index is 1380. The van der Waals surface area contributed by atoms with Gasteiger partial charge in [0.05, 0.1) is 18.9 Å². The van der Waals surface area contributed by atoms with Gasteiger partial charge in [0.2, 0.25) is 5.95 Å². The number of H-pyrrole nitrogens is 1. The van der Waals surface area contributed by atoms with Crippen molar-refractivity contribution < 1.29 is 9.15 Å². The van der Waals surface area contributed by atoms with E-state index in [0.29, 0.717) is 41.8 Å². The number of furan rings is 1. The third kappa shape index (κ3) is 3.87. The van der Waals surface area contributed by atoms with Crippen molar-refractivity contribution in [3.05, 3.63) is 61.2 Å². The number of ether oxygens (including phenoxy) is 1. The summed E-state index contributed by atoms with van der Waals surface area (Å²) in [5.41, 5.74) is 4.16. The van der Waals surface area contributed by atoms with Gasteiger partial charge in [-0.1, -0.05) is 0 Å². The Balaban J connectivity index is 1.38. The van der Waals surface area contributed by atoms with E-state index in [9.17, 15) is 0 Å². The van der Waals surface area contributed by atoms with Gasteiger partial charge in [-0.05, 0) is 24.3 Å². The minimum Gasteiger partial charge on any atom is -0.450 e. The second-order valence-electron chi connectivity index (χ2n) is 7.56. The predicted molar refractivity (Wildman–Crippen MR) is 123 cm³/mol. The summed E-state index contributed by atoms with van der Waals surface area (Å²) in [6, 6.07) is 11.5. The van der Waals surface area contributed by atoms with Crippen molar-refractivity contribution in [3.63, 3.8) is 0 Å². The van der Waals surface area contributed by atoms with Gasteiger partial charge in [-0.25, -0.2) is 4.98 Å². The summed E-state index contributed by atoms with van der Waals surface area (Å²) in [5, 5.41) is 10.6. The first-order valence-electron chi connectivity index (χ1n) is 10.6. The number of nitrogens with one attached hydrogen (secondary N) is 2. The Labute approximate surface area is 188 Å². The maximum absolute atomic E-state index is 6.21. The van der Waals surface area contributed by atoms with Gasteiger partial charge in [-0.2, -0.15) is 10.1 Å². The first kappa shape index (κ1) is 19.4. The zero-order valence-corrected chi connectivity index (χ0v) is 17.6. The number of anilines is 3. The number of hydrogen-bond acceptors (Lipinski definition) is 9. The second-order valence-corrected chi connectivity index (χ2v) is 7.56. The number of aromatic amines is 1. The van der Waals surface area contributed by atoms with Crippen LogP contribution in [0, 0.1) is 0 Å².